The molecule has 2 heterocycles. The summed E-state index contributed by atoms with van der Waals surface area (Å²) in [5.74, 6) is -1.15. The Kier molecular flexibility index (Phi) is 7.77. The molecule has 0 saturated carbocycles. The zero-order valence-electron chi connectivity index (χ0n) is 19.4. The molecule has 7 atom stereocenters. The molecule has 0 spiro atoms. The smallest absolute Gasteiger partial charge is 0.329 e. The lowest BCUT2D eigenvalue weighted by molar-refractivity contribution is -0.269. The van der Waals surface area contributed by atoms with Crippen LogP contribution in [-0.4, -0.2) is 81.9 Å². The van der Waals surface area contributed by atoms with Gasteiger partial charge in [0, 0.05) is 18.9 Å². The Morgan fingerprint density at radius 2 is 1.88 bits per heavy atom. The normalized spacial score (nSPS) is 35.0. The molecule has 1 aromatic rings. The average molecular weight is 467 g/mol. The molecule has 10 nitrogen and oxygen atoms in total. The summed E-state index contributed by atoms with van der Waals surface area (Å²) in [5.41, 5.74) is -1.76. The Morgan fingerprint density at radius 3 is 2.45 bits per heavy atom. The van der Waals surface area contributed by atoms with Gasteiger partial charge < -0.3 is 34.8 Å². The van der Waals surface area contributed by atoms with Crippen molar-refractivity contribution in [3.8, 4) is 0 Å². The van der Waals surface area contributed by atoms with Crippen molar-refractivity contribution >= 4 is 11.9 Å². The first-order chi connectivity index (χ1) is 15.5. The summed E-state index contributed by atoms with van der Waals surface area (Å²) in [6, 6.07) is 7.27. The molecule has 3 rings (SSSR count). The topological polar surface area (TPSA) is 147 Å². The van der Waals surface area contributed by atoms with Crippen molar-refractivity contribution in [1.82, 2.24) is 10.6 Å². The fourth-order valence-corrected chi connectivity index (χ4v) is 4.25. The summed E-state index contributed by atoms with van der Waals surface area (Å²) < 4.78 is 17.2. The van der Waals surface area contributed by atoms with Crippen molar-refractivity contribution in [3.05, 3.63) is 35.9 Å². The van der Waals surface area contributed by atoms with Crippen LogP contribution >= 0.6 is 0 Å². The number of piperidine rings is 1. The van der Waals surface area contributed by atoms with E-state index in [0.717, 1.165) is 5.56 Å². The number of benzene rings is 1. The van der Waals surface area contributed by atoms with Crippen molar-refractivity contribution in [2.45, 2.75) is 81.9 Å². The van der Waals surface area contributed by atoms with E-state index >= 15 is 0 Å². The monoisotopic (exact) mass is 466 g/mol. The van der Waals surface area contributed by atoms with Crippen LogP contribution in [0.4, 0.5) is 0 Å². The molecule has 1 amide bonds. The Hall–Kier alpha value is -2.08. The number of carbonyl (C=O) groups excluding carboxylic acids is 2. The third-order valence-electron chi connectivity index (χ3n) is 5.74. The summed E-state index contributed by atoms with van der Waals surface area (Å²) in [6.07, 6.45) is -4.35. The van der Waals surface area contributed by atoms with Crippen molar-refractivity contribution in [2.24, 2.45) is 0 Å². The van der Waals surface area contributed by atoms with E-state index in [0.29, 0.717) is 0 Å². The van der Waals surface area contributed by atoms with Crippen molar-refractivity contribution in [1.29, 1.82) is 0 Å². The van der Waals surface area contributed by atoms with Crippen molar-refractivity contribution in [3.63, 3.8) is 0 Å². The molecule has 2 saturated heterocycles. The van der Waals surface area contributed by atoms with Gasteiger partial charge >= 0.3 is 5.97 Å². The molecule has 33 heavy (non-hydrogen) atoms. The quantitative estimate of drug-likeness (QED) is 0.371. The summed E-state index contributed by atoms with van der Waals surface area (Å²) in [5, 5.41) is 37.6. The lowest BCUT2D eigenvalue weighted by atomic mass is 9.78. The Balaban J connectivity index is 1.94. The van der Waals surface area contributed by atoms with Gasteiger partial charge in [0.25, 0.3) is 0 Å². The first-order valence-corrected chi connectivity index (χ1v) is 11.0. The highest BCUT2D eigenvalue weighted by molar-refractivity contribution is 5.82. The summed E-state index contributed by atoms with van der Waals surface area (Å²) >= 11 is 0. The number of hydrogen-bond donors (Lipinski definition) is 5. The van der Waals surface area contributed by atoms with E-state index in [1.807, 2.05) is 30.3 Å². The third kappa shape index (κ3) is 5.89. The van der Waals surface area contributed by atoms with Gasteiger partial charge in [-0.3, -0.25) is 10.1 Å². The highest BCUT2D eigenvalue weighted by Crippen LogP contribution is 2.34. The van der Waals surface area contributed by atoms with Gasteiger partial charge in [-0.25, -0.2) is 4.79 Å². The number of aliphatic hydroxyl groups excluding tert-OH is 3. The molecule has 2 aliphatic rings. The van der Waals surface area contributed by atoms with Crippen LogP contribution in [0.25, 0.3) is 0 Å². The zero-order valence-corrected chi connectivity index (χ0v) is 19.4. The highest BCUT2D eigenvalue weighted by atomic mass is 16.7. The standard InChI is InChI=1S/C23H34N2O8/c1-13(27)24-17-15(28)10-23(12-26,21(30)33-22(2,3)4)25-18(17)19-16(29)11-31-20(32-19)14-8-6-5-7-9-14/h5-9,15-20,25-26,28-29H,10-12H2,1-4H3,(H,24,27)/t15-,16+,17+,18+,19+,20+,23+/m0/s1. The lowest BCUT2D eigenvalue weighted by Gasteiger charge is -2.50. The number of esters is 1. The first-order valence-electron chi connectivity index (χ1n) is 11.0. The van der Waals surface area contributed by atoms with Crippen LogP contribution in [-0.2, 0) is 23.8 Å². The first kappa shape index (κ1) is 25.5. The van der Waals surface area contributed by atoms with Gasteiger partial charge in [0.15, 0.2) is 6.29 Å². The van der Waals surface area contributed by atoms with Gasteiger partial charge in [0.05, 0.1) is 31.4 Å². The number of amides is 1. The largest absolute Gasteiger partial charge is 0.459 e. The second-order valence-electron chi connectivity index (χ2n) is 9.65. The molecular weight excluding hydrogens is 432 g/mol. The van der Waals surface area contributed by atoms with E-state index in [4.69, 9.17) is 14.2 Å². The van der Waals surface area contributed by atoms with E-state index in [1.54, 1.807) is 20.8 Å². The van der Waals surface area contributed by atoms with Crippen LogP contribution in [0.1, 0.15) is 46.0 Å². The minimum absolute atomic E-state index is 0.0656. The van der Waals surface area contributed by atoms with Gasteiger partial charge in [-0.05, 0) is 20.8 Å². The molecule has 0 aliphatic carbocycles. The zero-order chi connectivity index (χ0) is 24.4. The Labute approximate surface area is 193 Å². The molecule has 2 fully saturated rings. The average Bonchev–Trinajstić information content (AvgIpc) is 2.74. The molecule has 0 aromatic heterocycles. The number of rotatable bonds is 5. The predicted molar refractivity (Wildman–Crippen MR) is 117 cm³/mol. The van der Waals surface area contributed by atoms with Gasteiger partial charge in [-0.15, -0.1) is 0 Å². The fraction of sp³-hybridized carbons (Fsp3) is 0.652. The molecule has 2 aliphatic heterocycles. The molecule has 5 N–H and O–H groups in total. The van der Waals surface area contributed by atoms with Crippen molar-refractivity contribution < 1.29 is 39.1 Å². The van der Waals surface area contributed by atoms with E-state index < -0.39 is 66.3 Å². The van der Waals surface area contributed by atoms with E-state index in [2.05, 4.69) is 10.6 Å². The van der Waals surface area contributed by atoms with Crippen molar-refractivity contribution in [2.75, 3.05) is 13.2 Å². The van der Waals surface area contributed by atoms with Gasteiger partial charge in [-0.2, -0.15) is 0 Å². The predicted octanol–water partition coefficient (Wildman–Crippen LogP) is -0.238. The maximum absolute atomic E-state index is 13.1. The number of aliphatic hydroxyl groups is 3. The summed E-state index contributed by atoms with van der Waals surface area (Å²) in [7, 11) is 0. The molecule has 0 unspecified atom stereocenters. The third-order valence-corrected chi connectivity index (χ3v) is 5.74. The maximum atomic E-state index is 13.1. The second kappa shape index (κ2) is 10.0. The van der Waals surface area contributed by atoms with Crippen LogP contribution in [0.5, 0.6) is 0 Å². The summed E-state index contributed by atoms with van der Waals surface area (Å²) in [4.78, 5) is 25.0. The molecule has 1 aromatic carbocycles. The molecule has 10 heteroatoms. The highest BCUT2D eigenvalue weighted by Gasteiger charge is 2.55. The Morgan fingerprint density at radius 1 is 1.21 bits per heavy atom. The van der Waals surface area contributed by atoms with Gasteiger partial charge in [0.1, 0.15) is 23.3 Å². The Bertz CT molecular complexity index is 830. The maximum Gasteiger partial charge on any atom is 0.329 e. The minimum Gasteiger partial charge on any atom is -0.459 e. The van der Waals surface area contributed by atoms with E-state index in [1.165, 1.54) is 6.92 Å². The van der Waals surface area contributed by atoms with E-state index in [9.17, 15) is 24.9 Å². The van der Waals surface area contributed by atoms with Crippen LogP contribution in [0.2, 0.25) is 0 Å². The fourth-order valence-electron chi connectivity index (χ4n) is 4.25. The van der Waals surface area contributed by atoms with Crippen LogP contribution in [0.3, 0.4) is 0 Å². The number of nitrogens with one attached hydrogen (secondary N) is 2. The van der Waals surface area contributed by atoms with Crippen LogP contribution in [0.15, 0.2) is 30.3 Å². The molecule has 0 bridgehead atoms. The number of hydrogen-bond acceptors (Lipinski definition) is 9. The van der Waals surface area contributed by atoms with E-state index in [-0.39, 0.29) is 13.0 Å². The molecular formula is C23H34N2O8. The molecule has 184 valence electrons. The number of carbonyl (C=O) groups is 2. The minimum atomic E-state index is -1.66. The van der Waals surface area contributed by atoms with Crippen LogP contribution in [0, 0.1) is 0 Å². The summed E-state index contributed by atoms with van der Waals surface area (Å²) in [6.45, 7) is 5.67. The van der Waals surface area contributed by atoms with Gasteiger partial charge in [0.2, 0.25) is 5.91 Å². The van der Waals surface area contributed by atoms with Gasteiger partial charge in [-0.1, -0.05) is 30.3 Å². The second-order valence-corrected chi connectivity index (χ2v) is 9.65. The SMILES string of the molecule is CC(=O)N[C@H]1[C@H]([C@@H]2O[C@H](c3ccccc3)OC[C@H]2O)N[C@](CO)(C(=O)OC(C)(C)C)C[C@@H]1O. The number of ether oxygens (including phenoxy) is 3. The van der Waals surface area contributed by atoms with Crippen LogP contribution < -0.4 is 10.6 Å². The lowest BCUT2D eigenvalue weighted by Crippen LogP contribution is -2.76. The molecule has 0 radical (unpaired) electrons.